The molecule has 9 heteroatoms. The number of nitrogens with one attached hydrogen (secondary N) is 2. The van der Waals surface area contributed by atoms with Crippen molar-refractivity contribution in [2.45, 2.75) is 69.7 Å². The Bertz CT molecular complexity index is 1410. The van der Waals surface area contributed by atoms with E-state index in [0.29, 0.717) is 24.6 Å². The molecule has 2 amide bonds. The number of piperidine rings is 1. The van der Waals surface area contributed by atoms with Crippen LogP contribution < -0.4 is 20.7 Å². The Balaban J connectivity index is 1.21. The Labute approximate surface area is 248 Å². The van der Waals surface area contributed by atoms with Gasteiger partial charge in [-0.2, -0.15) is 0 Å². The lowest BCUT2D eigenvalue weighted by Gasteiger charge is -2.48. The van der Waals surface area contributed by atoms with Gasteiger partial charge in [0, 0.05) is 66.4 Å². The fourth-order valence-corrected chi connectivity index (χ4v) is 7.05. The number of rotatable bonds is 10. The summed E-state index contributed by atoms with van der Waals surface area (Å²) in [7, 11) is 1.70. The normalized spacial score (nSPS) is 18.1. The number of hydrogen-bond acceptors (Lipinski definition) is 6. The van der Waals surface area contributed by atoms with Crippen LogP contribution in [0.15, 0.2) is 36.5 Å². The number of anilines is 1. The highest BCUT2D eigenvalue weighted by Crippen LogP contribution is 2.47. The molecule has 6 rings (SSSR count). The average molecular weight is 573 g/mol. The lowest BCUT2D eigenvalue weighted by molar-refractivity contribution is -0.139. The van der Waals surface area contributed by atoms with Crippen LogP contribution in [0.5, 0.6) is 5.75 Å². The fraction of sp³-hybridized carbons (Fsp3) is 0.545. The zero-order chi connectivity index (χ0) is 29.1. The summed E-state index contributed by atoms with van der Waals surface area (Å²) in [4.78, 5) is 38.7. The minimum Gasteiger partial charge on any atom is -0.497 e. The molecule has 42 heavy (non-hydrogen) atoms. The van der Waals surface area contributed by atoms with Crippen molar-refractivity contribution >= 4 is 28.5 Å². The number of amides is 2. The third-order valence-corrected chi connectivity index (χ3v) is 9.69. The molecule has 0 atom stereocenters. The number of likely N-dealkylation sites (tertiary alicyclic amines) is 1. The number of aromatic nitrogens is 2. The first-order chi connectivity index (χ1) is 20.5. The molecule has 1 saturated carbocycles. The number of fused-ring (bicyclic) bond motifs is 4. The number of carbonyl (C=O) groups is 2. The number of unbranched alkanes of at least 4 members (excludes halogenated alkanes) is 3. The number of ether oxygens (including phenoxy) is 1. The molecule has 3 aliphatic rings. The first kappa shape index (κ1) is 28.5. The molecule has 1 aromatic carbocycles. The minimum absolute atomic E-state index is 0.0849. The van der Waals surface area contributed by atoms with Gasteiger partial charge in [-0.25, -0.2) is 4.98 Å². The summed E-state index contributed by atoms with van der Waals surface area (Å²) in [5, 5.41) is 4.26. The molecule has 2 aromatic heterocycles. The first-order valence-electron chi connectivity index (χ1n) is 15.7. The Morgan fingerprint density at radius 1 is 1.12 bits per heavy atom. The molecule has 4 heterocycles. The second kappa shape index (κ2) is 12.3. The standard InChI is InChI=1S/C33H44N6O3/c1-42-25-10-11-26-27(19-25)37-28-21-39(29-12-9-24(20-36-29)31(40)35-16-5-3-2-4-15-34)22-33(30(26)28)13-17-38(18-14-33)32(41)23-7-6-8-23/h9-12,19-20,23,37H,2-8,13-18,21-22,34H2,1H3,(H,35,40). The van der Waals surface area contributed by atoms with Gasteiger partial charge < -0.3 is 30.6 Å². The molecule has 0 unspecified atom stereocenters. The van der Waals surface area contributed by atoms with Crippen molar-refractivity contribution in [2.75, 3.05) is 44.7 Å². The van der Waals surface area contributed by atoms with Crippen molar-refractivity contribution in [3.63, 3.8) is 0 Å². The van der Waals surface area contributed by atoms with Gasteiger partial charge >= 0.3 is 0 Å². The van der Waals surface area contributed by atoms with Crippen LogP contribution in [0.3, 0.4) is 0 Å². The summed E-state index contributed by atoms with van der Waals surface area (Å²) in [5.74, 6) is 2.19. The highest BCUT2D eigenvalue weighted by Gasteiger charge is 2.46. The van der Waals surface area contributed by atoms with Crippen LogP contribution in [0.4, 0.5) is 5.82 Å². The van der Waals surface area contributed by atoms with E-state index in [2.05, 4.69) is 32.2 Å². The number of pyridine rings is 1. The van der Waals surface area contributed by atoms with Crippen molar-refractivity contribution in [2.24, 2.45) is 11.7 Å². The molecule has 4 N–H and O–H groups in total. The molecule has 0 bridgehead atoms. The van der Waals surface area contributed by atoms with Crippen LogP contribution in [0.2, 0.25) is 0 Å². The number of methoxy groups -OCH3 is 1. The molecule has 1 aliphatic carbocycles. The fourth-order valence-electron chi connectivity index (χ4n) is 7.05. The molecule has 2 aliphatic heterocycles. The van der Waals surface area contributed by atoms with E-state index in [-0.39, 0.29) is 17.2 Å². The van der Waals surface area contributed by atoms with Crippen LogP contribution in [0, 0.1) is 5.92 Å². The van der Waals surface area contributed by atoms with Crippen LogP contribution >= 0.6 is 0 Å². The van der Waals surface area contributed by atoms with Crippen LogP contribution in [-0.2, 0) is 16.8 Å². The quantitative estimate of drug-likeness (QED) is 0.308. The van der Waals surface area contributed by atoms with Crippen molar-refractivity contribution in [3.05, 3.63) is 53.3 Å². The van der Waals surface area contributed by atoms with E-state index in [4.69, 9.17) is 15.5 Å². The largest absolute Gasteiger partial charge is 0.497 e. The summed E-state index contributed by atoms with van der Waals surface area (Å²) in [6.07, 6.45) is 10.9. The summed E-state index contributed by atoms with van der Waals surface area (Å²) in [6.45, 7) is 4.48. The zero-order valence-electron chi connectivity index (χ0n) is 24.8. The lowest BCUT2D eigenvalue weighted by atomic mass is 9.69. The number of nitrogens with zero attached hydrogens (tertiary/aromatic N) is 3. The summed E-state index contributed by atoms with van der Waals surface area (Å²) >= 11 is 0. The van der Waals surface area contributed by atoms with Crippen LogP contribution in [0.1, 0.15) is 79.4 Å². The maximum Gasteiger partial charge on any atom is 0.252 e. The first-order valence-corrected chi connectivity index (χ1v) is 15.7. The molecule has 2 fully saturated rings. The summed E-state index contributed by atoms with van der Waals surface area (Å²) in [6, 6.07) is 10.1. The summed E-state index contributed by atoms with van der Waals surface area (Å²) in [5.41, 5.74) is 9.70. The van der Waals surface area contributed by atoms with E-state index < -0.39 is 0 Å². The molecule has 1 saturated heterocycles. The highest BCUT2D eigenvalue weighted by atomic mass is 16.5. The van der Waals surface area contributed by atoms with Gasteiger partial charge in [0.2, 0.25) is 5.91 Å². The third kappa shape index (κ3) is 5.59. The number of H-pyrrole nitrogens is 1. The molecule has 224 valence electrons. The molecule has 3 aromatic rings. The van der Waals surface area contributed by atoms with Crippen molar-refractivity contribution in [3.8, 4) is 5.75 Å². The molecule has 9 nitrogen and oxygen atoms in total. The Kier molecular flexibility index (Phi) is 8.38. The third-order valence-electron chi connectivity index (χ3n) is 9.69. The van der Waals surface area contributed by atoms with E-state index in [1.54, 1.807) is 13.3 Å². The minimum atomic E-state index is -0.0988. The van der Waals surface area contributed by atoms with Gasteiger partial charge in [0.1, 0.15) is 11.6 Å². The monoisotopic (exact) mass is 572 g/mol. The zero-order valence-corrected chi connectivity index (χ0v) is 24.8. The molecule has 1 spiro atoms. The van der Waals surface area contributed by atoms with Crippen LogP contribution in [-0.4, -0.2) is 66.5 Å². The lowest BCUT2D eigenvalue weighted by Crippen LogP contribution is -2.54. The topological polar surface area (TPSA) is 117 Å². The van der Waals surface area contributed by atoms with Crippen molar-refractivity contribution in [1.82, 2.24) is 20.2 Å². The van der Waals surface area contributed by atoms with Gasteiger partial charge in [-0.3, -0.25) is 9.59 Å². The van der Waals surface area contributed by atoms with Crippen LogP contribution in [0.25, 0.3) is 10.9 Å². The van der Waals surface area contributed by atoms with E-state index >= 15 is 0 Å². The predicted octanol–water partition coefficient (Wildman–Crippen LogP) is 4.50. The van der Waals surface area contributed by atoms with Gasteiger partial charge in [-0.1, -0.05) is 19.3 Å². The van der Waals surface area contributed by atoms with Gasteiger partial charge in [-0.05, 0) is 74.9 Å². The Hall–Kier alpha value is -3.59. The smallest absolute Gasteiger partial charge is 0.252 e. The van der Waals surface area contributed by atoms with E-state index in [1.165, 1.54) is 23.1 Å². The van der Waals surface area contributed by atoms with E-state index in [0.717, 1.165) is 94.6 Å². The summed E-state index contributed by atoms with van der Waals surface area (Å²) < 4.78 is 5.52. The molecular weight excluding hydrogens is 528 g/mol. The van der Waals surface area contributed by atoms with Crippen molar-refractivity contribution in [1.29, 1.82) is 0 Å². The second-order valence-corrected chi connectivity index (χ2v) is 12.3. The maximum absolute atomic E-state index is 13.1. The van der Waals surface area contributed by atoms with Gasteiger partial charge in [0.05, 0.1) is 19.2 Å². The maximum atomic E-state index is 13.1. The molecule has 0 radical (unpaired) electrons. The number of nitrogens with two attached hydrogens (primary N) is 1. The van der Waals surface area contributed by atoms with E-state index in [9.17, 15) is 9.59 Å². The number of aromatic amines is 1. The van der Waals surface area contributed by atoms with Gasteiger partial charge in [0.25, 0.3) is 5.91 Å². The van der Waals surface area contributed by atoms with E-state index in [1.807, 2.05) is 18.2 Å². The highest BCUT2D eigenvalue weighted by molar-refractivity contribution is 5.94. The number of hydrogen-bond donors (Lipinski definition) is 3. The number of carbonyl (C=O) groups excluding carboxylic acids is 2. The van der Waals surface area contributed by atoms with Gasteiger partial charge in [-0.15, -0.1) is 0 Å². The number of benzene rings is 1. The Morgan fingerprint density at radius 3 is 2.62 bits per heavy atom. The second-order valence-electron chi connectivity index (χ2n) is 12.3. The average Bonchev–Trinajstić information content (AvgIpc) is 3.37. The van der Waals surface area contributed by atoms with Crippen molar-refractivity contribution < 1.29 is 14.3 Å². The van der Waals surface area contributed by atoms with Gasteiger partial charge in [0.15, 0.2) is 0 Å². The predicted molar refractivity (Wildman–Crippen MR) is 165 cm³/mol. The Morgan fingerprint density at radius 2 is 1.93 bits per heavy atom. The molecular formula is C33H44N6O3. The SMILES string of the molecule is COc1ccc2c3c([nH]c2c1)CN(c1ccc(C(=O)NCCCCCCN)cn1)CC31CCN(C(=O)C2CCC2)CC1.